The minimum Gasteiger partial charge on any atom is -0.370 e. The summed E-state index contributed by atoms with van der Waals surface area (Å²) in [6.07, 6.45) is -2.84. The molecule has 2 heterocycles. The second-order valence-corrected chi connectivity index (χ2v) is 9.72. The summed E-state index contributed by atoms with van der Waals surface area (Å²) in [7, 11) is 1.89. The molecule has 7 nitrogen and oxygen atoms in total. The Morgan fingerprint density at radius 1 is 1.06 bits per heavy atom. The van der Waals surface area contributed by atoms with Gasteiger partial charge in [0.15, 0.2) is 5.65 Å². The monoisotopic (exact) mass is 519 g/mol. The van der Waals surface area contributed by atoms with Gasteiger partial charge in [-0.3, -0.25) is 0 Å². The summed E-state index contributed by atoms with van der Waals surface area (Å²) in [5.74, 6) is 0.558. The Labute approximate surface area is 205 Å². The van der Waals surface area contributed by atoms with Crippen molar-refractivity contribution in [3.63, 3.8) is 0 Å². The number of fused-ring (bicyclic) bond motifs is 1. The van der Waals surface area contributed by atoms with Crippen molar-refractivity contribution in [1.29, 1.82) is 0 Å². The number of alkyl halides is 3. The summed E-state index contributed by atoms with van der Waals surface area (Å²) in [6, 6.07) is 12.5. The molecule has 4 rings (SSSR count). The van der Waals surface area contributed by atoms with Crippen molar-refractivity contribution in [3.05, 3.63) is 71.4 Å². The van der Waals surface area contributed by atoms with Gasteiger partial charge < -0.3 is 5.32 Å². The van der Waals surface area contributed by atoms with Crippen LogP contribution in [0.15, 0.2) is 65.7 Å². The van der Waals surface area contributed by atoms with Gasteiger partial charge in [0.1, 0.15) is 13.7 Å². The molecule has 2 aromatic heterocycles. The van der Waals surface area contributed by atoms with Crippen LogP contribution in [0.3, 0.4) is 0 Å². The van der Waals surface area contributed by atoms with Crippen LogP contribution in [0.5, 0.6) is 0 Å². The number of rotatable bonds is 8. The first kappa shape index (κ1) is 25.0. The fraction of sp³-hybridized carbons (Fsp3) is 0.182. The van der Waals surface area contributed by atoms with Crippen LogP contribution in [-0.2, 0) is 16.2 Å². The highest BCUT2D eigenvalue weighted by atomic mass is 35.5. The molecule has 0 amide bonds. The molecule has 0 spiro atoms. The maximum Gasteiger partial charge on any atom is 0.416 e. The van der Waals surface area contributed by atoms with E-state index < -0.39 is 26.7 Å². The fourth-order valence-electron chi connectivity index (χ4n) is 3.35. The van der Waals surface area contributed by atoms with E-state index in [-0.39, 0.29) is 6.54 Å². The first-order valence-electron chi connectivity index (χ1n) is 10.4. The molecule has 0 aliphatic carbocycles. The molecule has 0 bridgehead atoms. The number of hydrogen-bond acceptors (Lipinski definition) is 5. The molecule has 0 saturated heterocycles. The first-order chi connectivity index (χ1) is 16.6. The van der Waals surface area contributed by atoms with Crippen molar-refractivity contribution in [2.75, 3.05) is 18.4 Å². The molecule has 2 N–H and O–H groups in total. The lowest BCUT2D eigenvalue weighted by atomic mass is 10.0. The Hall–Kier alpha value is -3.09. The second kappa shape index (κ2) is 9.88. The van der Waals surface area contributed by atoms with Crippen LogP contribution in [0.4, 0.5) is 19.0 Å². The van der Waals surface area contributed by atoms with Crippen molar-refractivity contribution in [3.8, 4) is 11.3 Å². The van der Waals surface area contributed by atoms with E-state index >= 15 is 0 Å². The van der Waals surface area contributed by atoms with Crippen molar-refractivity contribution in [2.45, 2.75) is 17.5 Å². The van der Waals surface area contributed by atoms with Gasteiger partial charge in [-0.25, -0.2) is 18.1 Å². The van der Waals surface area contributed by atoms with Gasteiger partial charge in [-0.2, -0.15) is 22.8 Å². The summed E-state index contributed by atoms with van der Waals surface area (Å²) in [5.41, 5.74) is 1.04. The van der Waals surface area contributed by atoms with E-state index in [1.807, 2.05) is 12.1 Å². The van der Waals surface area contributed by atoms with E-state index in [4.69, 9.17) is 19.4 Å². The van der Waals surface area contributed by atoms with Crippen molar-refractivity contribution in [2.24, 2.45) is 0 Å². The van der Waals surface area contributed by atoms with E-state index in [1.165, 1.54) is 10.7 Å². The van der Waals surface area contributed by atoms with E-state index in [9.17, 15) is 21.6 Å². The predicted octanol–water partition coefficient (Wildman–Crippen LogP) is 3.64. The van der Waals surface area contributed by atoms with Crippen LogP contribution < -0.4 is 15.5 Å². The largest absolute Gasteiger partial charge is 0.416 e. The molecule has 0 aliphatic rings. The normalized spacial score (nSPS) is 12.2. The van der Waals surface area contributed by atoms with Crippen LogP contribution in [0.1, 0.15) is 12.0 Å². The molecule has 2 aromatic carbocycles. The number of anilines is 1. The van der Waals surface area contributed by atoms with Gasteiger partial charge in [-0.1, -0.05) is 35.9 Å². The maximum atomic E-state index is 12.9. The van der Waals surface area contributed by atoms with Gasteiger partial charge in [-0.15, -0.1) is 0 Å². The zero-order valence-corrected chi connectivity index (χ0v) is 19.6. The third kappa shape index (κ3) is 5.60. The predicted molar refractivity (Wildman–Crippen MR) is 129 cm³/mol. The molecule has 0 saturated carbocycles. The lowest BCUT2D eigenvalue weighted by Crippen LogP contribution is -2.26. The Morgan fingerprint density at radius 2 is 1.83 bits per heavy atom. The summed E-state index contributed by atoms with van der Waals surface area (Å²) in [4.78, 5) is 4.09. The van der Waals surface area contributed by atoms with E-state index in [1.54, 1.807) is 18.2 Å². The van der Waals surface area contributed by atoms with Gasteiger partial charge >= 0.3 is 6.18 Å². The lowest BCUT2D eigenvalue weighted by molar-refractivity contribution is -0.137. The van der Waals surface area contributed by atoms with E-state index in [2.05, 4.69) is 20.1 Å². The second-order valence-electron chi connectivity index (χ2n) is 7.55. The number of halogens is 4. The van der Waals surface area contributed by atoms with Gasteiger partial charge in [-0.05, 0) is 36.1 Å². The minimum atomic E-state index is -4.63. The average Bonchev–Trinajstić information content (AvgIpc) is 3.19. The van der Waals surface area contributed by atoms with Crippen LogP contribution in [-0.4, -0.2) is 44.0 Å². The minimum absolute atomic E-state index is 0.00157. The van der Waals surface area contributed by atoms with Crippen LogP contribution in [0.25, 0.3) is 16.9 Å². The van der Waals surface area contributed by atoms with Gasteiger partial charge in [0, 0.05) is 35.9 Å². The van der Waals surface area contributed by atoms with Gasteiger partial charge in [0.2, 0.25) is 10.0 Å². The highest BCUT2D eigenvalue weighted by molar-refractivity contribution is 7.89. The third-order valence-electron chi connectivity index (χ3n) is 5.07. The molecule has 35 heavy (non-hydrogen) atoms. The Morgan fingerprint density at radius 3 is 2.57 bits per heavy atom. The SMILES string of the molecule is [B]c1cnn2c(NCCCNS(=O)(=O)c3cccc(C(F)(F)F)c3)cc(-c3ccccc3Cl)nc12. The van der Waals surface area contributed by atoms with E-state index in [0.717, 1.165) is 18.2 Å². The van der Waals surface area contributed by atoms with Crippen molar-refractivity contribution in [1.82, 2.24) is 19.3 Å². The number of nitrogens with zero attached hydrogens (tertiary/aromatic N) is 3. The van der Waals surface area contributed by atoms with Crippen LogP contribution >= 0.6 is 11.6 Å². The summed E-state index contributed by atoms with van der Waals surface area (Å²) in [5, 5.41) is 7.89. The molecule has 2 radical (unpaired) electrons. The standard InChI is InChI=1S/C22H18BClF3N5O2S/c23-17-13-29-32-20(12-19(31-21(17)32)16-7-1-2-8-18(16)24)28-9-4-10-30-35(33,34)15-6-3-5-14(11-15)22(25,26)27/h1-3,5-8,11-13,28,30H,4,9-10H2. The number of hydrogen-bond donors (Lipinski definition) is 2. The smallest absolute Gasteiger partial charge is 0.370 e. The van der Waals surface area contributed by atoms with E-state index in [0.29, 0.717) is 52.2 Å². The molecule has 0 atom stereocenters. The van der Waals surface area contributed by atoms with Crippen LogP contribution in [0.2, 0.25) is 5.02 Å². The Kier molecular flexibility index (Phi) is 7.06. The zero-order chi connectivity index (χ0) is 25.2. The van der Waals surface area contributed by atoms with Crippen molar-refractivity contribution >= 4 is 46.4 Å². The van der Waals surface area contributed by atoms with Crippen LogP contribution in [0, 0.1) is 0 Å². The fourth-order valence-corrected chi connectivity index (χ4v) is 4.70. The van der Waals surface area contributed by atoms with Gasteiger partial charge in [0.25, 0.3) is 0 Å². The molecular weight excluding hydrogens is 502 g/mol. The first-order valence-corrected chi connectivity index (χ1v) is 12.2. The third-order valence-corrected chi connectivity index (χ3v) is 6.86. The topological polar surface area (TPSA) is 88.4 Å². The van der Waals surface area contributed by atoms with Gasteiger partial charge in [0.05, 0.1) is 16.2 Å². The number of benzene rings is 2. The highest BCUT2D eigenvalue weighted by Gasteiger charge is 2.31. The molecule has 180 valence electrons. The quantitative estimate of drug-likeness (QED) is 0.274. The molecule has 4 aromatic rings. The average molecular weight is 520 g/mol. The Bertz CT molecular complexity index is 1480. The lowest BCUT2D eigenvalue weighted by Gasteiger charge is -2.13. The van der Waals surface area contributed by atoms with Crippen molar-refractivity contribution < 1.29 is 21.6 Å². The summed E-state index contributed by atoms with van der Waals surface area (Å²) >= 11 is 6.31. The molecular formula is C22H18BClF3N5O2S. The number of nitrogens with one attached hydrogen (secondary N) is 2. The maximum absolute atomic E-state index is 12.9. The molecule has 0 fully saturated rings. The molecule has 0 unspecified atom stereocenters. The molecule has 0 aliphatic heterocycles. The highest BCUT2D eigenvalue weighted by Crippen LogP contribution is 2.30. The summed E-state index contributed by atoms with van der Waals surface area (Å²) < 4.78 is 67.3. The number of aromatic nitrogens is 3. The zero-order valence-electron chi connectivity index (χ0n) is 18.1. The Balaban J connectivity index is 1.44. The number of sulfonamides is 1. The summed E-state index contributed by atoms with van der Waals surface area (Å²) in [6.45, 7) is 0.324. The molecule has 13 heteroatoms.